The molecule has 37 heavy (non-hydrogen) atoms. The number of amides is 1. The van der Waals surface area contributed by atoms with Crippen molar-refractivity contribution in [3.05, 3.63) is 102 Å². The van der Waals surface area contributed by atoms with E-state index in [2.05, 4.69) is 59.2 Å². The first-order chi connectivity index (χ1) is 18.1. The van der Waals surface area contributed by atoms with Crippen LogP contribution >= 0.6 is 0 Å². The second kappa shape index (κ2) is 10.6. The molecule has 0 aliphatic rings. The summed E-state index contributed by atoms with van der Waals surface area (Å²) in [6.45, 7) is 2.11. The van der Waals surface area contributed by atoms with Crippen molar-refractivity contribution in [1.82, 2.24) is 9.38 Å². The molecule has 186 valence electrons. The summed E-state index contributed by atoms with van der Waals surface area (Å²) in [5.74, 6) is 1.09. The Kier molecular flexibility index (Phi) is 6.90. The lowest BCUT2D eigenvalue weighted by molar-refractivity contribution is -0.116. The van der Waals surface area contributed by atoms with Crippen LogP contribution in [0.4, 0.5) is 5.69 Å². The molecule has 5 aromatic rings. The first kappa shape index (κ1) is 24.1. The van der Waals surface area contributed by atoms with E-state index in [1.54, 1.807) is 32.4 Å². The molecule has 6 heteroatoms. The van der Waals surface area contributed by atoms with Crippen LogP contribution in [0.3, 0.4) is 0 Å². The maximum atomic E-state index is 13.0. The Morgan fingerprint density at radius 2 is 1.62 bits per heavy atom. The summed E-state index contributed by atoms with van der Waals surface area (Å²) in [7, 11) is 3.16. The third-order valence-corrected chi connectivity index (χ3v) is 6.48. The van der Waals surface area contributed by atoms with Gasteiger partial charge in [-0.05, 0) is 54.3 Å². The number of benzene rings is 3. The van der Waals surface area contributed by atoms with E-state index in [1.165, 1.54) is 11.1 Å². The highest BCUT2D eigenvalue weighted by Gasteiger charge is 2.17. The van der Waals surface area contributed by atoms with Crippen LogP contribution in [0.1, 0.15) is 17.7 Å². The highest BCUT2D eigenvalue weighted by molar-refractivity contribution is 5.91. The molecule has 0 spiro atoms. The van der Waals surface area contributed by atoms with Gasteiger partial charge in [-0.2, -0.15) is 0 Å². The van der Waals surface area contributed by atoms with Crippen LogP contribution in [0.2, 0.25) is 0 Å². The Morgan fingerprint density at radius 3 is 2.38 bits per heavy atom. The van der Waals surface area contributed by atoms with E-state index in [-0.39, 0.29) is 5.91 Å². The number of pyridine rings is 1. The van der Waals surface area contributed by atoms with Crippen molar-refractivity contribution in [2.75, 3.05) is 19.5 Å². The SMILES string of the molecule is COc1ccc(NC(=O)CCc2c(-c3ccccc3)nc3ccc(-c4ccccc4C)cn23)cc1OC. The Labute approximate surface area is 216 Å². The predicted octanol–water partition coefficient (Wildman–Crippen LogP) is 6.57. The van der Waals surface area contributed by atoms with E-state index in [1.807, 2.05) is 30.3 Å². The van der Waals surface area contributed by atoms with Gasteiger partial charge in [-0.3, -0.25) is 4.79 Å². The molecule has 1 N–H and O–H groups in total. The number of ether oxygens (including phenoxy) is 2. The van der Waals surface area contributed by atoms with Crippen LogP contribution < -0.4 is 14.8 Å². The largest absolute Gasteiger partial charge is 0.493 e. The molecule has 0 radical (unpaired) electrons. The molecule has 0 saturated carbocycles. The minimum absolute atomic E-state index is 0.0868. The third-order valence-electron chi connectivity index (χ3n) is 6.48. The van der Waals surface area contributed by atoms with Crippen LogP contribution in [0.15, 0.2) is 91.1 Å². The van der Waals surface area contributed by atoms with E-state index < -0.39 is 0 Å². The van der Waals surface area contributed by atoms with E-state index >= 15 is 0 Å². The van der Waals surface area contributed by atoms with Gasteiger partial charge in [0.2, 0.25) is 5.91 Å². The molecule has 0 unspecified atom stereocenters. The number of nitrogens with zero attached hydrogens (tertiary/aromatic N) is 2. The number of aryl methyl sites for hydroxylation is 2. The monoisotopic (exact) mass is 491 g/mol. The number of imidazole rings is 1. The standard InChI is InChI=1S/C31H29N3O3/c1-21-9-7-8-12-25(21)23-13-17-29-33-31(22-10-5-4-6-11-22)26(34(29)20-23)15-18-30(35)32-24-14-16-27(36-2)28(19-24)37-3/h4-14,16-17,19-20H,15,18H2,1-3H3,(H,32,35). The molecule has 0 saturated heterocycles. The van der Waals surface area contributed by atoms with Crippen LogP contribution in [0.25, 0.3) is 28.0 Å². The smallest absolute Gasteiger partial charge is 0.224 e. The number of methoxy groups -OCH3 is 2. The predicted molar refractivity (Wildman–Crippen MR) is 147 cm³/mol. The summed E-state index contributed by atoms with van der Waals surface area (Å²) in [5.41, 5.74) is 7.92. The number of hydrogen-bond acceptors (Lipinski definition) is 4. The van der Waals surface area contributed by atoms with E-state index in [4.69, 9.17) is 14.5 Å². The number of carbonyl (C=O) groups is 1. The maximum absolute atomic E-state index is 13.0. The molecule has 2 aromatic heterocycles. The van der Waals surface area contributed by atoms with Crippen LogP contribution in [0.5, 0.6) is 11.5 Å². The molecule has 0 aliphatic heterocycles. The molecule has 0 fully saturated rings. The Hall–Kier alpha value is -4.58. The van der Waals surface area contributed by atoms with Gasteiger partial charge < -0.3 is 19.2 Å². The van der Waals surface area contributed by atoms with Crippen molar-refractivity contribution in [2.24, 2.45) is 0 Å². The minimum Gasteiger partial charge on any atom is -0.493 e. The normalized spacial score (nSPS) is 10.9. The van der Waals surface area contributed by atoms with Crippen molar-refractivity contribution in [2.45, 2.75) is 19.8 Å². The summed E-state index contributed by atoms with van der Waals surface area (Å²) >= 11 is 0. The quantitative estimate of drug-likeness (QED) is 0.267. The Morgan fingerprint density at radius 1 is 0.865 bits per heavy atom. The second-order valence-electron chi connectivity index (χ2n) is 8.85. The van der Waals surface area contributed by atoms with Crippen LogP contribution in [-0.4, -0.2) is 29.5 Å². The highest BCUT2D eigenvalue weighted by atomic mass is 16.5. The lowest BCUT2D eigenvalue weighted by Gasteiger charge is -2.11. The number of hydrogen-bond donors (Lipinski definition) is 1. The average Bonchev–Trinajstić information content (AvgIpc) is 3.30. The molecule has 1 amide bonds. The fourth-order valence-electron chi connectivity index (χ4n) is 4.58. The zero-order valence-electron chi connectivity index (χ0n) is 21.2. The zero-order valence-corrected chi connectivity index (χ0v) is 21.2. The van der Waals surface area contributed by atoms with E-state index in [9.17, 15) is 4.79 Å². The van der Waals surface area contributed by atoms with Crippen molar-refractivity contribution in [3.8, 4) is 33.9 Å². The first-order valence-electron chi connectivity index (χ1n) is 12.2. The van der Waals surface area contributed by atoms with Gasteiger partial charge >= 0.3 is 0 Å². The van der Waals surface area contributed by atoms with Crippen molar-refractivity contribution >= 4 is 17.2 Å². The number of rotatable bonds is 8. The molecule has 2 heterocycles. The number of anilines is 1. The molecule has 3 aromatic carbocycles. The topological polar surface area (TPSA) is 64.9 Å². The van der Waals surface area contributed by atoms with Crippen molar-refractivity contribution in [3.63, 3.8) is 0 Å². The van der Waals surface area contributed by atoms with E-state index in [0.29, 0.717) is 30.0 Å². The fraction of sp³-hybridized carbons (Fsp3) is 0.161. The van der Waals surface area contributed by atoms with Crippen molar-refractivity contribution in [1.29, 1.82) is 0 Å². The first-order valence-corrected chi connectivity index (χ1v) is 12.2. The molecular weight excluding hydrogens is 462 g/mol. The average molecular weight is 492 g/mol. The van der Waals surface area contributed by atoms with E-state index in [0.717, 1.165) is 28.2 Å². The second-order valence-corrected chi connectivity index (χ2v) is 8.85. The fourth-order valence-corrected chi connectivity index (χ4v) is 4.58. The van der Waals surface area contributed by atoms with Gasteiger partial charge in [0.05, 0.1) is 25.6 Å². The number of fused-ring (bicyclic) bond motifs is 1. The third kappa shape index (κ3) is 5.05. The summed E-state index contributed by atoms with van der Waals surface area (Å²) in [6, 6.07) is 27.9. The maximum Gasteiger partial charge on any atom is 0.224 e. The highest BCUT2D eigenvalue weighted by Crippen LogP contribution is 2.31. The van der Waals surface area contributed by atoms with Gasteiger partial charge in [0, 0.05) is 29.9 Å². The lowest BCUT2D eigenvalue weighted by Crippen LogP contribution is -2.13. The molecule has 0 atom stereocenters. The van der Waals surface area contributed by atoms with Gasteiger partial charge in [0.25, 0.3) is 0 Å². The lowest BCUT2D eigenvalue weighted by atomic mass is 10.0. The molecule has 6 nitrogen and oxygen atoms in total. The van der Waals surface area contributed by atoms with Gasteiger partial charge in [-0.25, -0.2) is 4.98 Å². The van der Waals surface area contributed by atoms with Crippen LogP contribution in [-0.2, 0) is 11.2 Å². The summed E-state index contributed by atoms with van der Waals surface area (Å²) in [6.07, 6.45) is 2.96. The summed E-state index contributed by atoms with van der Waals surface area (Å²) in [4.78, 5) is 17.9. The molecule has 0 aliphatic carbocycles. The van der Waals surface area contributed by atoms with Crippen LogP contribution in [0, 0.1) is 6.92 Å². The van der Waals surface area contributed by atoms with Gasteiger partial charge in [0.15, 0.2) is 11.5 Å². The summed E-state index contributed by atoms with van der Waals surface area (Å²) < 4.78 is 12.8. The number of carbonyl (C=O) groups excluding carboxylic acids is 1. The van der Waals surface area contributed by atoms with Gasteiger partial charge in [-0.1, -0.05) is 54.6 Å². The van der Waals surface area contributed by atoms with Gasteiger partial charge in [0.1, 0.15) is 5.65 Å². The minimum atomic E-state index is -0.0868. The molecular formula is C31H29N3O3. The van der Waals surface area contributed by atoms with Gasteiger partial charge in [-0.15, -0.1) is 0 Å². The Bertz CT molecular complexity index is 1560. The molecule has 0 bridgehead atoms. The summed E-state index contributed by atoms with van der Waals surface area (Å²) in [5, 5.41) is 2.98. The number of nitrogens with one attached hydrogen (secondary N) is 1. The van der Waals surface area contributed by atoms with Crippen molar-refractivity contribution < 1.29 is 14.3 Å². The Balaban J connectivity index is 1.47. The zero-order chi connectivity index (χ0) is 25.8. The molecule has 5 rings (SSSR count). The number of aromatic nitrogens is 2.